The van der Waals surface area contributed by atoms with Gasteiger partial charge in [0.25, 0.3) is 0 Å². The second kappa shape index (κ2) is 4.38. The summed E-state index contributed by atoms with van der Waals surface area (Å²) in [5.41, 5.74) is 2.01. The zero-order chi connectivity index (χ0) is 12.0. The molecule has 0 heterocycles. The predicted molar refractivity (Wildman–Crippen MR) is 71.7 cm³/mol. The van der Waals surface area contributed by atoms with Crippen LogP contribution < -0.4 is 0 Å². The number of aryl methyl sites for hydroxylation is 1. The fraction of sp³-hybridized carbons (Fsp3) is 0.600. The van der Waals surface area contributed by atoms with Crippen molar-refractivity contribution in [2.45, 2.75) is 37.4 Å². The first kappa shape index (κ1) is 11.7. The van der Waals surface area contributed by atoms with Crippen molar-refractivity contribution in [1.82, 2.24) is 0 Å². The maximum Gasteiger partial charge on any atom is 0.126 e. The highest BCUT2D eigenvalue weighted by Crippen LogP contribution is 2.54. The smallest absolute Gasteiger partial charge is 0.126 e. The number of fused-ring (bicyclic) bond motifs is 2. The molecule has 0 N–H and O–H groups in total. The molecule has 2 aliphatic carbocycles. The van der Waals surface area contributed by atoms with Crippen LogP contribution in [0, 0.1) is 30.5 Å². The van der Waals surface area contributed by atoms with Gasteiger partial charge in [-0.2, -0.15) is 0 Å². The summed E-state index contributed by atoms with van der Waals surface area (Å²) in [5, 5.41) is 0. The van der Waals surface area contributed by atoms with Crippen molar-refractivity contribution in [1.29, 1.82) is 0 Å². The highest BCUT2D eigenvalue weighted by atomic mass is 79.9. The Morgan fingerprint density at radius 1 is 1.29 bits per heavy atom. The largest absolute Gasteiger partial charge is 0.207 e. The molecule has 17 heavy (non-hydrogen) atoms. The number of hydrogen-bond acceptors (Lipinski definition) is 0. The van der Waals surface area contributed by atoms with Crippen molar-refractivity contribution in [2.24, 2.45) is 17.8 Å². The zero-order valence-corrected chi connectivity index (χ0v) is 11.7. The van der Waals surface area contributed by atoms with Gasteiger partial charge in [-0.15, -0.1) is 0 Å². The molecule has 92 valence electrons. The molecule has 0 aliphatic heterocycles. The lowest BCUT2D eigenvalue weighted by atomic mass is 9.84. The van der Waals surface area contributed by atoms with Crippen LogP contribution in [-0.2, 0) is 0 Å². The molecular formula is C15H18BrF. The number of benzene rings is 1. The first-order chi connectivity index (χ1) is 8.15. The Balaban J connectivity index is 1.81. The van der Waals surface area contributed by atoms with E-state index in [1.165, 1.54) is 31.2 Å². The van der Waals surface area contributed by atoms with E-state index in [9.17, 15) is 4.39 Å². The molecule has 4 atom stereocenters. The normalized spacial score (nSPS) is 33.0. The zero-order valence-electron chi connectivity index (χ0n) is 10.1. The summed E-state index contributed by atoms with van der Waals surface area (Å²) in [6, 6.07) is 5.54. The average molecular weight is 297 g/mol. The Morgan fingerprint density at radius 2 is 2.12 bits per heavy atom. The lowest BCUT2D eigenvalue weighted by Gasteiger charge is -2.27. The standard InChI is InChI=1S/C15H18BrF/c1-9-6-12(4-5-14(9)17)15(16)13-8-10-2-3-11(13)7-10/h4-6,10-11,13,15H,2-3,7-8H2,1H3. The van der Waals surface area contributed by atoms with Crippen LogP contribution in [0.5, 0.6) is 0 Å². The van der Waals surface area contributed by atoms with Gasteiger partial charge in [-0.3, -0.25) is 0 Å². The Labute approximate surface area is 111 Å². The van der Waals surface area contributed by atoms with Crippen LogP contribution in [0.15, 0.2) is 18.2 Å². The van der Waals surface area contributed by atoms with Crippen LogP contribution in [0.2, 0.25) is 0 Å². The van der Waals surface area contributed by atoms with Gasteiger partial charge in [-0.25, -0.2) is 4.39 Å². The minimum absolute atomic E-state index is 0.0959. The summed E-state index contributed by atoms with van der Waals surface area (Å²) in [6.07, 6.45) is 5.62. The summed E-state index contributed by atoms with van der Waals surface area (Å²) < 4.78 is 13.3. The monoisotopic (exact) mass is 296 g/mol. The molecule has 2 fully saturated rings. The topological polar surface area (TPSA) is 0 Å². The van der Waals surface area contributed by atoms with E-state index in [1.807, 2.05) is 19.1 Å². The van der Waals surface area contributed by atoms with Crippen LogP contribution in [0.3, 0.4) is 0 Å². The summed E-state index contributed by atoms with van der Waals surface area (Å²) in [7, 11) is 0. The summed E-state index contributed by atoms with van der Waals surface area (Å²) in [4.78, 5) is 0.414. The summed E-state index contributed by atoms with van der Waals surface area (Å²) in [6.45, 7) is 1.85. The van der Waals surface area contributed by atoms with E-state index < -0.39 is 0 Å². The minimum atomic E-state index is -0.0959. The van der Waals surface area contributed by atoms with Gasteiger partial charge >= 0.3 is 0 Å². The third-order valence-electron chi connectivity index (χ3n) is 4.67. The molecule has 0 spiro atoms. The predicted octanol–water partition coefficient (Wildman–Crippen LogP) is 5.01. The highest BCUT2D eigenvalue weighted by Gasteiger charge is 2.42. The van der Waals surface area contributed by atoms with Crippen molar-refractivity contribution in [3.05, 3.63) is 35.1 Å². The van der Waals surface area contributed by atoms with Crippen LogP contribution in [0.1, 0.15) is 41.6 Å². The molecule has 0 aromatic heterocycles. The lowest BCUT2D eigenvalue weighted by Crippen LogP contribution is -2.15. The molecular weight excluding hydrogens is 279 g/mol. The number of halogens is 2. The van der Waals surface area contributed by atoms with Crippen LogP contribution in [0.4, 0.5) is 4.39 Å². The van der Waals surface area contributed by atoms with Crippen molar-refractivity contribution in [3.8, 4) is 0 Å². The number of alkyl halides is 1. The molecule has 2 bridgehead atoms. The van der Waals surface area contributed by atoms with Crippen molar-refractivity contribution < 1.29 is 4.39 Å². The Bertz CT molecular complexity index is 429. The molecule has 0 nitrogen and oxygen atoms in total. The minimum Gasteiger partial charge on any atom is -0.207 e. The molecule has 2 saturated carbocycles. The van der Waals surface area contributed by atoms with Gasteiger partial charge in [0.15, 0.2) is 0 Å². The maximum atomic E-state index is 13.3. The van der Waals surface area contributed by atoms with E-state index in [0.29, 0.717) is 4.83 Å². The quantitative estimate of drug-likeness (QED) is 0.673. The van der Waals surface area contributed by atoms with Gasteiger partial charge in [0.2, 0.25) is 0 Å². The first-order valence-electron chi connectivity index (χ1n) is 6.55. The fourth-order valence-electron chi connectivity index (χ4n) is 3.74. The van der Waals surface area contributed by atoms with E-state index in [-0.39, 0.29) is 5.82 Å². The van der Waals surface area contributed by atoms with Crippen LogP contribution in [-0.4, -0.2) is 0 Å². The van der Waals surface area contributed by atoms with Crippen molar-refractivity contribution >= 4 is 15.9 Å². The fourth-order valence-corrected chi connectivity index (χ4v) is 4.67. The van der Waals surface area contributed by atoms with Gasteiger partial charge in [0.1, 0.15) is 5.82 Å². The molecule has 3 rings (SSSR count). The van der Waals surface area contributed by atoms with Crippen molar-refractivity contribution in [3.63, 3.8) is 0 Å². The van der Waals surface area contributed by atoms with E-state index in [0.717, 1.165) is 23.3 Å². The lowest BCUT2D eigenvalue weighted by molar-refractivity contribution is 0.329. The molecule has 0 amide bonds. The number of hydrogen-bond donors (Lipinski definition) is 0. The van der Waals surface area contributed by atoms with E-state index in [2.05, 4.69) is 15.9 Å². The Morgan fingerprint density at radius 3 is 2.71 bits per heavy atom. The van der Waals surface area contributed by atoms with E-state index in [1.54, 1.807) is 6.07 Å². The van der Waals surface area contributed by atoms with Crippen LogP contribution >= 0.6 is 15.9 Å². The summed E-state index contributed by atoms with van der Waals surface area (Å²) in [5.74, 6) is 2.53. The Kier molecular flexibility index (Phi) is 3.02. The van der Waals surface area contributed by atoms with Gasteiger partial charge in [0.05, 0.1) is 0 Å². The summed E-state index contributed by atoms with van der Waals surface area (Å²) >= 11 is 3.85. The number of rotatable bonds is 2. The second-order valence-electron chi connectivity index (χ2n) is 5.75. The molecule has 2 aliphatic rings. The molecule has 4 unspecified atom stereocenters. The Hall–Kier alpha value is -0.370. The molecule has 1 aromatic carbocycles. The van der Waals surface area contributed by atoms with Gasteiger partial charge < -0.3 is 0 Å². The molecule has 0 radical (unpaired) electrons. The van der Waals surface area contributed by atoms with E-state index >= 15 is 0 Å². The molecule has 1 aromatic rings. The van der Waals surface area contributed by atoms with Gasteiger partial charge in [-0.1, -0.05) is 34.5 Å². The maximum absolute atomic E-state index is 13.3. The SMILES string of the molecule is Cc1cc(C(Br)C2CC3CCC2C3)ccc1F. The first-order valence-corrected chi connectivity index (χ1v) is 7.47. The van der Waals surface area contributed by atoms with Gasteiger partial charge in [0, 0.05) is 4.83 Å². The highest BCUT2D eigenvalue weighted by molar-refractivity contribution is 9.09. The average Bonchev–Trinajstić information content (AvgIpc) is 2.93. The third-order valence-corrected chi connectivity index (χ3v) is 5.88. The third kappa shape index (κ3) is 2.05. The molecule has 2 heteroatoms. The van der Waals surface area contributed by atoms with Crippen LogP contribution in [0.25, 0.3) is 0 Å². The second-order valence-corrected chi connectivity index (χ2v) is 6.74. The van der Waals surface area contributed by atoms with E-state index in [4.69, 9.17) is 0 Å². The van der Waals surface area contributed by atoms with Crippen molar-refractivity contribution in [2.75, 3.05) is 0 Å². The molecule has 0 saturated heterocycles. The van der Waals surface area contributed by atoms with Gasteiger partial charge in [-0.05, 0) is 61.1 Å².